The van der Waals surface area contributed by atoms with Gasteiger partial charge in [0.15, 0.2) is 0 Å². The molecule has 0 radical (unpaired) electrons. The van der Waals surface area contributed by atoms with Gasteiger partial charge in [-0.1, -0.05) is 12.1 Å². The lowest BCUT2D eigenvalue weighted by Gasteiger charge is -2.38. The minimum absolute atomic E-state index is 0.351. The minimum atomic E-state index is -0.774. The van der Waals surface area contributed by atoms with E-state index in [2.05, 4.69) is 34.6 Å². The van der Waals surface area contributed by atoms with Gasteiger partial charge >= 0.3 is 0 Å². The molecule has 20 heavy (non-hydrogen) atoms. The second kappa shape index (κ2) is 5.38. The van der Waals surface area contributed by atoms with Crippen LogP contribution in [0.3, 0.4) is 0 Å². The van der Waals surface area contributed by atoms with Crippen LogP contribution >= 0.6 is 0 Å². The fraction of sp³-hybridized carbons (Fsp3) is 0.438. The van der Waals surface area contributed by atoms with E-state index in [4.69, 9.17) is 0 Å². The van der Waals surface area contributed by atoms with Crippen molar-refractivity contribution in [3.8, 4) is 5.69 Å². The Kier molecular flexibility index (Phi) is 3.97. The van der Waals surface area contributed by atoms with Gasteiger partial charge in [-0.25, -0.2) is 4.98 Å². The molecule has 0 amide bonds. The first-order valence-corrected chi connectivity index (χ1v) is 6.84. The van der Waals surface area contributed by atoms with Gasteiger partial charge in [0.2, 0.25) is 0 Å². The van der Waals surface area contributed by atoms with Crippen molar-refractivity contribution < 1.29 is 5.11 Å². The molecule has 2 N–H and O–H groups in total. The highest BCUT2D eigenvalue weighted by Gasteiger charge is 2.34. The third-order valence-electron chi connectivity index (χ3n) is 4.00. The van der Waals surface area contributed by atoms with Crippen LogP contribution in [0.1, 0.15) is 33.3 Å². The molecule has 0 aliphatic rings. The van der Waals surface area contributed by atoms with Crippen LogP contribution in [0.5, 0.6) is 0 Å². The first-order valence-electron chi connectivity index (χ1n) is 6.84. The van der Waals surface area contributed by atoms with E-state index in [1.165, 1.54) is 5.56 Å². The van der Waals surface area contributed by atoms with Crippen molar-refractivity contribution in [2.45, 2.75) is 45.4 Å². The second-order valence-corrected chi connectivity index (χ2v) is 6.17. The van der Waals surface area contributed by atoms with Crippen LogP contribution in [0.4, 0.5) is 0 Å². The van der Waals surface area contributed by atoms with Crippen LogP contribution in [0.15, 0.2) is 43.0 Å². The fourth-order valence-electron chi connectivity index (χ4n) is 1.74. The molecule has 108 valence electrons. The highest BCUT2D eigenvalue weighted by atomic mass is 16.3. The SMILES string of the molecule is CC(C)(O)C(C)(C)NCc1ccc(-n2ccnc2)cc1. The van der Waals surface area contributed by atoms with E-state index >= 15 is 0 Å². The fourth-order valence-corrected chi connectivity index (χ4v) is 1.74. The van der Waals surface area contributed by atoms with Gasteiger partial charge in [-0.2, -0.15) is 0 Å². The molecule has 1 aromatic heterocycles. The van der Waals surface area contributed by atoms with Gasteiger partial charge < -0.3 is 15.0 Å². The van der Waals surface area contributed by atoms with Crippen LogP contribution in [0.25, 0.3) is 5.69 Å². The Morgan fingerprint density at radius 1 is 1.15 bits per heavy atom. The van der Waals surface area contributed by atoms with E-state index in [0.717, 1.165) is 12.2 Å². The summed E-state index contributed by atoms with van der Waals surface area (Å²) in [6.07, 6.45) is 5.47. The van der Waals surface area contributed by atoms with E-state index in [1.807, 2.05) is 38.5 Å². The molecular formula is C16H23N3O. The molecule has 0 saturated heterocycles. The van der Waals surface area contributed by atoms with Crippen molar-refractivity contribution in [3.05, 3.63) is 48.5 Å². The van der Waals surface area contributed by atoms with Gasteiger partial charge in [-0.15, -0.1) is 0 Å². The van der Waals surface area contributed by atoms with E-state index in [0.29, 0.717) is 0 Å². The van der Waals surface area contributed by atoms with Crippen LogP contribution in [0, 0.1) is 0 Å². The normalized spacial score (nSPS) is 12.7. The summed E-state index contributed by atoms with van der Waals surface area (Å²) < 4.78 is 1.97. The lowest BCUT2D eigenvalue weighted by Crippen LogP contribution is -2.55. The number of hydrogen-bond donors (Lipinski definition) is 2. The van der Waals surface area contributed by atoms with Crippen molar-refractivity contribution in [2.75, 3.05) is 0 Å². The topological polar surface area (TPSA) is 50.1 Å². The van der Waals surface area contributed by atoms with Gasteiger partial charge in [0.25, 0.3) is 0 Å². The maximum atomic E-state index is 10.1. The summed E-state index contributed by atoms with van der Waals surface area (Å²) in [5, 5.41) is 13.5. The first kappa shape index (κ1) is 14.8. The monoisotopic (exact) mass is 273 g/mol. The van der Waals surface area contributed by atoms with Gasteiger partial charge in [-0.05, 0) is 45.4 Å². The molecular weight excluding hydrogens is 250 g/mol. The van der Waals surface area contributed by atoms with Crippen LogP contribution in [0.2, 0.25) is 0 Å². The van der Waals surface area contributed by atoms with Crippen molar-refractivity contribution >= 4 is 0 Å². The number of nitrogens with zero attached hydrogens (tertiary/aromatic N) is 2. The summed E-state index contributed by atoms with van der Waals surface area (Å²) in [4.78, 5) is 4.04. The summed E-state index contributed by atoms with van der Waals surface area (Å²) in [6.45, 7) is 8.38. The average Bonchev–Trinajstić information content (AvgIpc) is 2.89. The summed E-state index contributed by atoms with van der Waals surface area (Å²) >= 11 is 0. The van der Waals surface area contributed by atoms with Crippen LogP contribution < -0.4 is 5.32 Å². The number of benzene rings is 1. The van der Waals surface area contributed by atoms with Crippen molar-refractivity contribution in [1.82, 2.24) is 14.9 Å². The summed E-state index contributed by atoms with van der Waals surface area (Å²) in [5.74, 6) is 0. The Morgan fingerprint density at radius 3 is 2.30 bits per heavy atom. The van der Waals surface area contributed by atoms with Gasteiger partial charge in [-0.3, -0.25) is 0 Å². The number of imidazole rings is 1. The molecule has 0 aliphatic carbocycles. The zero-order valence-electron chi connectivity index (χ0n) is 12.6. The quantitative estimate of drug-likeness (QED) is 0.880. The van der Waals surface area contributed by atoms with E-state index in [-0.39, 0.29) is 5.54 Å². The summed E-state index contributed by atoms with van der Waals surface area (Å²) in [6, 6.07) is 8.30. The van der Waals surface area contributed by atoms with E-state index in [9.17, 15) is 5.11 Å². The van der Waals surface area contributed by atoms with E-state index < -0.39 is 5.60 Å². The Morgan fingerprint density at radius 2 is 1.80 bits per heavy atom. The third-order valence-corrected chi connectivity index (χ3v) is 4.00. The molecule has 2 rings (SSSR count). The zero-order chi connectivity index (χ0) is 14.8. The smallest absolute Gasteiger partial charge is 0.0991 e. The highest BCUT2D eigenvalue weighted by molar-refractivity contribution is 5.34. The Bertz CT molecular complexity index is 536. The predicted octanol–water partition coefficient (Wildman–Crippen LogP) is 2.51. The molecule has 0 spiro atoms. The van der Waals surface area contributed by atoms with Crippen molar-refractivity contribution in [1.29, 1.82) is 0 Å². The number of aliphatic hydroxyl groups is 1. The average molecular weight is 273 g/mol. The van der Waals surface area contributed by atoms with Crippen molar-refractivity contribution in [2.24, 2.45) is 0 Å². The molecule has 0 unspecified atom stereocenters. The number of hydrogen-bond acceptors (Lipinski definition) is 3. The summed E-state index contributed by atoms with van der Waals surface area (Å²) in [7, 11) is 0. The number of rotatable bonds is 5. The maximum Gasteiger partial charge on any atom is 0.0991 e. The maximum absolute atomic E-state index is 10.1. The Labute approximate surface area is 120 Å². The third kappa shape index (κ3) is 3.26. The van der Waals surface area contributed by atoms with Gasteiger partial charge in [0.05, 0.1) is 11.9 Å². The Hall–Kier alpha value is -1.65. The number of aromatic nitrogens is 2. The second-order valence-electron chi connectivity index (χ2n) is 6.17. The lowest BCUT2D eigenvalue weighted by atomic mass is 9.86. The molecule has 0 atom stereocenters. The van der Waals surface area contributed by atoms with Gasteiger partial charge in [0, 0.05) is 30.2 Å². The standard InChI is InChI=1S/C16H23N3O/c1-15(2,16(3,4)20)18-11-13-5-7-14(8-6-13)19-10-9-17-12-19/h5-10,12,18,20H,11H2,1-4H3. The zero-order valence-corrected chi connectivity index (χ0v) is 12.6. The van der Waals surface area contributed by atoms with Crippen LogP contribution in [-0.4, -0.2) is 25.8 Å². The minimum Gasteiger partial charge on any atom is -0.389 e. The molecule has 0 aliphatic heterocycles. The van der Waals surface area contributed by atoms with Crippen molar-refractivity contribution in [3.63, 3.8) is 0 Å². The predicted molar refractivity (Wildman–Crippen MR) is 80.8 cm³/mol. The molecule has 1 heterocycles. The molecule has 0 fully saturated rings. The first-order chi connectivity index (χ1) is 9.29. The Balaban J connectivity index is 2.02. The molecule has 4 heteroatoms. The highest BCUT2D eigenvalue weighted by Crippen LogP contribution is 2.21. The molecule has 2 aromatic rings. The molecule has 1 aromatic carbocycles. The van der Waals surface area contributed by atoms with Gasteiger partial charge in [0.1, 0.15) is 0 Å². The largest absolute Gasteiger partial charge is 0.389 e. The number of nitrogens with one attached hydrogen (secondary N) is 1. The molecule has 4 nitrogen and oxygen atoms in total. The lowest BCUT2D eigenvalue weighted by molar-refractivity contribution is -0.00531. The van der Waals surface area contributed by atoms with E-state index in [1.54, 1.807) is 12.5 Å². The molecule has 0 saturated carbocycles. The van der Waals surface area contributed by atoms with Crippen LogP contribution in [-0.2, 0) is 6.54 Å². The summed E-state index contributed by atoms with van der Waals surface area (Å²) in [5.41, 5.74) is 1.15. The molecule has 0 bridgehead atoms.